The second-order valence-corrected chi connectivity index (χ2v) is 14.8. The Balaban J connectivity index is 1.18. The molecule has 44 heavy (non-hydrogen) atoms. The Bertz CT molecular complexity index is 1110. The van der Waals surface area contributed by atoms with Crippen LogP contribution in [0.15, 0.2) is 30.3 Å². The number of carbonyl (C=O) groups is 1. The Morgan fingerprint density at radius 3 is 1.93 bits per heavy atom. The van der Waals surface area contributed by atoms with Crippen molar-refractivity contribution in [3.63, 3.8) is 0 Å². The van der Waals surface area contributed by atoms with E-state index in [9.17, 15) is 4.79 Å². The molecule has 2 spiro atoms. The lowest BCUT2D eigenvalue weighted by Crippen LogP contribution is -2.63. The third kappa shape index (κ3) is 6.18. The molecule has 2 aliphatic heterocycles. The van der Waals surface area contributed by atoms with Gasteiger partial charge in [-0.3, -0.25) is 0 Å². The van der Waals surface area contributed by atoms with Gasteiger partial charge in [-0.2, -0.15) is 0 Å². The molecule has 0 radical (unpaired) electrons. The predicted molar refractivity (Wildman–Crippen MR) is 163 cm³/mol. The number of carbonyl (C=O) groups excluding carboxylic acids is 1. The number of fused-ring (bicyclic) bond motifs is 3. The second kappa shape index (κ2) is 12.8. The summed E-state index contributed by atoms with van der Waals surface area (Å²) in [5.41, 5.74) is 1.04. The molecule has 1 aromatic carbocycles. The van der Waals surface area contributed by atoms with Gasteiger partial charge in [0.05, 0.1) is 6.61 Å². The van der Waals surface area contributed by atoms with Crippen LogP contribution in [0.4, 0.5) is 4.79 Å². The fraction of sp³-hybridized carbons (Fsp3) is 0.806. The van der Waals surface area contributed by atoms with E-state index in [-0.39, 0.29) is 12.2 Å². The molecule has 8 nitrogen and oxygen atoms in total. The van der Waals surface area contributed by atoms with Crippen molar-refractivity contribution in [2.24, 2.45) is 17.8 Å². The van der Waals surface area contributed by atoms with Crippen molar-refractivity contribution < 1.29 is 38.0 Å². The molecule has 4 aliphatic carbocycles. The Hall–Kier alpha value is -1.71. The zero-order valence-electron chi connectivity index (χ0n) is 26.8. The first-order chi connectivity index (χ1) is 21.3. The zero-order valence-corrected chi connectivity index (χ0v) is 26.8. The summed E-state index contributed by atoms with van der Waals surface area (Å²) in [4.78, 5) is 13.7. The van der Waals surface area contributed by atoms with Gasteiger partial charge in [-0.1, -0.05) is 70.4 Å². The normalized spacial score (nSPS) is 39.2. The molecule has 244 valence electrons. The topological polar surface area (TPSA) is 81.7 Å². The van der Waals surface area contributed by atoms with Gasteiger partial charge in [0.25, 0.3) is 0 Å². The fourth-order valence-electron chi connectivity index (χ4n) is 8.96. The summed E-state index contributed by atoms with van der Waals surface area (Å²) in [5, 5.41) is 0. The molecule has 6 aliphatic rings. The molecular formula is C36H52O8. The summed E-state index contributed by atoms with van der Waals surface area (Å²) in [5.74, 6) is -0.0863. The van der Waals surface area contributed by atoms with Crippen LogP contribution >= 0.6 is 0 Å². The van der Waals surface area contributed by atoms with E-state index in [1.165, 1.54) is 12.8 Å². The van der Waals surface area contributed by atoms with Gasteiger partial charge in [0.1, 0.15) is 36.6 Å². The number of rotatable bonds is 6. The molecule has 7 rings (SSSR count). The summed E-state index contributed by atoms with van der Waals surface area (Å²) < 4.78 is 46.7. The molecule has 9 atom stereocenters. The molecule has 0 aromatic heterocycles. The largest absolute Gasteiger partial charge is 0.509 e. The van der Waals surface area contributed by atoms with Crippen molar-refractivity contribution in [2.75, 3.05) is 0 Å². The first-order valence-electron chi connectivity index (χ1n) is 17.6. The first-order valence-corrected chi connectivity index (χ1v) is 17.6. The van der Waals surface area contributed by atoms with E-state index in [1.54, 1.807) is 0 Å². The third-order valence-electron chi connectivity index (χ3n) is 11.3. The molecular weight excluding hydrogens is 560 g/mol. The number of ether oxygens (including phenoxy) is 7. The fourth-order valence-corrected chi connectivity index (χ4v) is 8.96. The van der Waals surface area contributed by atoms with E-state index in [2.05, 4.69) is 20.8 Å². The minimum absolute atomic E-state index is 0.163. The van der Waals surface area contributed by atoms with E-state index in [0.717, 1.165) is 76.2 Å². The molecule has 0 N–H and O–H groups in total. The highest BCUT2D eigenvalue weighted by atomic mass is 16.8. The SMILES string of the molecule is CC(C)[C@H]1CC[C@@H](C)C[C@H]1OC(=O)O[C@@H]1[C@H](OCc2ccccc2)[C@@H]2OC3(CCCCC3)O[C@H]2[C@@H]2OC3(CCCCC3)O[C@H]12. The van der Waals surface area contributed by atoms with Crippen LogP contribution in [0.5, 0.6) is 0 Å². The van der Waals surface area contributed by atoms with Crippen molar-refractivity contribution in [3.8, 4) is 0 Å². The van der Waals surface area contributed by atoms with Crippen molar-refractivity contribution in [1.82, 2.24) is 0 Å². The van der Waals surface area contributed by atoms with Gasteiger partial charge in [-0.15, -0.1) is 0 Å². The van der Waals surface area contributed by atoms with Crippen molar-refractivity contribution in [1.29, 1.82) is 0 Å². The Morgan fingerprint density at radius 2 is 1.34 bits per heavy atom. The molecule has 0 amide bonds. The van der Waals surface area contributed by atoms with Crippen LogP contribution in [0.3, 0.4) is 0 Å². The van der Waals surface area contributed by atoms with Crippen LogP contribution in [-0.4, -0.2) is 60.5 Å². The summed E-state index contributed by atoms with van der Waals surface area (Å²) in [6, 6.07) is 10.1. The molecule has 0 unspecified atom stereocenters. The zero-order chi connectivity index (χ0) is 30.3. The van der Waals surface area contributed by atoms with E-state index in [4.69, 9.17) is 33.2 Å². The summed E-state index contributed by atoms with van der Waals surface area (Å²) in [6.07, 6.45) is 9.09. The first kappa shape index (κ1) is 30.9. The summed E-state index contributed by atoms with van der Waals surface area (Å²) in [7, 11) is 0. The molecule has 8 heteroatoms. The van der Waals surface area contributed by atoms with Crippen molar-refractivity contribution in [3.05, 3.63) is 35.9 Å². The molecule has 4 saturated carbocycles. The van der Waals surface area contributed by atoms with Gasteiger partial charge in [0, 0.05) is 25.7 Å². The maximum Gasteiger partial charge on any atom is 0.509 e. The Labute approximate surface area is 262 Å². The summed E-state index contributed by atoms with van der Waals surface area (Å²) >= 11 is 0. The van der Waals surface area contributed by atoms with Crippen molar-refractivity contribution in [2.45, 2.75) is 165 Å². The monoisotopic (exact) mass is 612 g/mol. The van der Waals surface area contributed by atoms with Gasteiger partial charge < -0.3 is 33.2 Å². The number of hydrogen-bond donors (Lipinski definition) is 0. The average molecular weight is 613 g/mol. The number of benzene rings is 1. The smallest absolute Gasteiger partial charge is 0.431 e. The Morgan fingerprint density at radius 1 is 0.773 bits per heavy atom. The molecule has 2 saturated heterocycles. The minimum Gasteiger partial charge on any atom is -0.431 e. The van der Waals surface area contributed by atoms with Crippen LogP contribution < -0.4 is 0 Å². The molecule has 1 aromatic rings. The van der Waals surface area contributed by atoms with Crippen LogP contribution in [0.1, 0.15) is 110 Å². The molecule has 6 fully saturated rings. The van der Waals surface area contributed by atoms with E-state index in [0.29, 0.717) is 24.4 Å². The standard InChI is InChI=1S/C36H52O8/c1-23(2)26-16-15-24(3)21-27(26)39-34(37)40-29-28(38-22-25-13-7-4-8-14-25)30-32(43-35(41-30)17-9-5-10-18-35)33-31(29)42-36(44-33)19-11-6-12-20-36/h4,7-8,13-14,23-24,26-33H,5-6,9-12,15-22H2,1-3H3/t24-,26-,27-,28+,29-,30+,31-,32-,33-/m1/s1. The highest BCUT2D eigenvalue weighted by molar-refractivity contribution is 5.60. The van der Waals surface area contributed by atoms with Crippen molar-refractivity contribution >= 4 is 6.16 Å². The number of hydrogen-bond acceptors (Lipinski definition) is 8. The predicted octanol–water partition coefficient (Wildman–Crippen LogP) is 7.46. The highest BCUT2D eigenvalue weighted by Gasteiger charge is 2.67. The van der Waals surface area contributed by atoms with E-state index in [1.807, 2.05) is 30.3 Å². The quantitative estimate of drug-likeness (QED) is 0.306. The van der Waals surface area contributed by atoms with Gasteiger partial charge in [-0.05, 0) is 61.8 Å². The lowest BCUT2D eigenvalue weighted by Gasteiger charge is -2.42. The Kier molecular flexibility index (Phi) is 9.01. The minimum atomic E-state index is -0.750. The van der Waals surface area contributed by atoms with Crippen LogP contribution in [0, 0.1) is 17.8 Å². The van der Waals surface area contributed by atoms with E-state index < -0.39 is 48.2 Å². The van der Waals surface area contributed by atoms with E-state index >= 15 is 0 Å². The molecule has 0 bridgehead atoms. The maximum absolute atomic E-state index is 13.7. The average Bonchev–Trinajstić information content (AvgIpc) is 3.56. The lowest BCUT2D eigenvalue weighted by atomic mass is 9.75. The van der Waals surface area contributed by atoms with Crippen LogP contribution in [-0.2, 0) is 39.8 Å². The van der Waals surface area contributed by atoms with Gasteiger partial charge in [0.15, 0.2) is 17.7 Å². The highest BCUT2D eigenvalue weighted by Crippen LogP contribution is 2.52. The third-order valence-corrected chi connectivity index (χ3v) is 11.3. The summed E-state index contributed by atoms with van der Waals surface area (Å²) in [6.45, 7) is 7.03. The maximum atomic E-state index is 13.7. The second-order valence-electron chi connectivity index (χ2n) is 14.8. The van der Waals surface area contributed by atoms with Crippen LogP contribution in [0.25, 0.3) is 0 Å². The van der Waals surface area contributed by atoms with Crippen LogP contribution in [0.2, 0.25) is 0 Å². The van der Waals surface area contributed by atoms with Gasteiger partial charge >= 0.3 is 6.16 Å². The molecule has 2 heterocycles. The lowest BCUT2D eigenvalue weighted by molar-refractivity contribution is -0.229. The van der Waals surface area contributed by atoms with Gasteiger partial charge in [-0.25, -0.2) is 4.79 Å². The van der Waals surface area contributed by atoms with Gasteiger partial charge in [0.2, 0.25) is 0 Å².